The predicted molar refractivity (Wildman–Crippen MR) is 43.6 cm³/mol. The van der Waals surface area contributed by atoms with Crippen LogP contribution < -0.4 is 5.73 Å². The number of hydrogen-bond acceptors (Lipinski definition) is 5. The third kappa shape index (κ3) is 1.80. The maximum absolute atomic E-state index is 12.1. The van der Waals surface area contributed by atoms with E-state index in [1.54, 1.807) is 0 Å². The Hall–Kier alpha value is -1.93. The Morgan fingerprint density at radius 1 is 1.33 bits per heavy atom. The molecule has 0 unspecified atom stereocenters. The third-order valence-corrected chi connectivity index (χ3v) is 1.66. The average molecular weight is 218 g/mol. The van der Waals surface area contributed by atoms with Gasteiger partial charge in [-0.25, -0.2) is 14.6 Å². The van der Waals surface area contributed by atoms with Crippen LogP contribution in [0.5, 0.6) is 0 Å². The van der Waals surface area contributed by atoms with Crippen molar-refractivity contribution >= 4 is 17.0 Å². The molecule has 0 radical (unpaired) electrons. The van der Waals surface area contributed by atoms with E-state index in [-0.39, 0.29) is 17.0 Å². The molecular formula is C6H5F3N6. The fourth-order valence-electron chi connectivity index (χ4n) is 1.08. The molecule has 80 valence electrons. The number of halogens is 3. The zero-order valence-corrected chi connectivity index (χ0v) is 7.23. The molecule has 2 rings (SSSR count). The molecule has 0 saturated heterocycles. The number of nitrogens with zero attached hydrogens (tertiary/aromatic N) is 5. The molecule has 2 aromatic rings. The molecule has 15 heavy (non-hydrogen) atoms. The molecule has 0 aliphatic heterocycles. The number of nitrogens with two attached hydrogens (primary N) is 1. The lowest BCUT2D eigenvalue weighted by Gasteiger charge is -2.05. The minimum absolute atomic E-state index is 0.00780. The highest BCUT2D eigenvalue weighted by atomic mass is 19.4. The van der Waals surface area contributed by atoms with Gasteiger partial charge in [0.05, 0.1) is 0 Å². The molecule has 2 heterocycles. The topological polar surface area (TPSA) is 82.5 Å². The van der Waals surface area contributed by atoms with E-state index in [9.17, 15) is 13.2 Å². The van der Waals surface area contributed by atoms with Crippen molar-refractivity contribution in [1.82, 2.24) is 25.0 Å². The first-order valence-corrected chi connectivity index (χ1v) is 3.84. The quantitative estimate of drug-likeness (QED) is 0.747. The summed E-state index contributed by atoms with van der Waals surface area (Å²) in [6.07, 6.45) is -3.31. The molecule has 2 N–H and O–H groups in total. The lowest BCUT2D eigenvalue weighted by atomic mass is 10.5. The maximum atomic E-state index is 12.1. The largest absolute Gasteiger partial charge is 0.408 e. The van der Waals surface area contributed by atoms with Crippen molar-refractivity contribution in [2.75, 3.05) is 5.73 Å². The second kappa shape index (κ2) is 3.04. The normalized spacial score (nSPS) is 12.2. The van der Waals surface area contributed by atoms with Crippen LogP contribution in [-0.4, -0.2) is 31.1 Å². The summed E-state index contributed by atoms with van der Waals surface area (Å²) in [5.41, 5.74) is 5.43. The van der Waals surface area contributed by atoms with Gasteiger partial charge in [0.15, 0.2) is 17.0 Å². The van der Waals surface area contributed by atoms with Gasteiger partial charge in [-0.05, 0) is 0 Å². The van der Waals surface area contributed by atoms with Crippen molar-refractivity contribution in [1.29, 1.82) is 0 Å². The summed E-state index contributed by atoms with van der Waals surface area (Å²) in [4.78, 5) is 7.22. The van der Waals surface area contributed by atoms with Crippen LogP contribution in [0.4, 0.5) is 19.0 Å². The summed E-state index contributed by atoms with van der Waals surface area (Å²) in [6, 6.07) is 0. The first kappa shape index (κ1) is 9.62. The number of alkyl halides is 3. The van der Waals surface area contributed by atoms with Gasteiger partial charge in [0.2, 0.25) is 0 Å². The molecule has 0 spiro atoms. The van der Waals surface area contributed by atoms with Crippen molar-refractivity contribution in [3.8, 4) is 0 Å². The van der Waals surface area contributed by atoms with Gasteiger partial charge < -0.3 is 5.73 Å². The Bertz CT molecular complexity index is 489. The Balaban J connectivity index is 2.50. The van der Waals surface area contributed by atoms with Crippen LogP contribution in [0.2, 0.25) is 0 Å². The Morgan fingerprint density at radius 3 is 2.73 bits per heavy atom. The van der Waals surface area contributed by atoms with Crippen LogP contribution in [0.15, 0.2) is 6.33 Å². The number of nitrogen functional groups attached to an aromatic ring is 1. The lowest BCUT2D eigenvalue weighted by Crippen LogP contribution is -2.19. The summed E-state index contributed by atoms with van der Waals surface area (Å²) in [5, 5.41) is 6.77. The van der Waals surface area contributed by atoms with E-state index in [0.717, 1.165) is 6.33 Å². The number of anilines is 1. The van der Waals surface area contributed by atoms with Crippen LogP contribution in [0, 0.1) is 0 Å². The van der Waals surface area contributed by atoms with Crippen LogP contribution in [0.1, 0.15) is 0 Å². The zero-order valence-electron chi connectivity index (χ0n) is 7.23. The smallest absolute Gasteiger partial charge is 0.382 e. The molecular weight excluding hydrogens is 213 g/mol. The van der Waals surface area contributed by atoms with Crippen LogP contribution in [0.3, 0.4) is 0 Å². The lowest BCUT2D eigenvalue weighted by molar-refractivity contribution is -0.142. The number of rotatable bonds is 1. The number of fused-ring (bicyclic) bond motifs is 1. The molecule has 0 atom stereocenters. The van der Waals surface area contributed by atoms with E-state index >= 15 is 0 Å². The molecule has 0 aliphatic rings. The van der Waals surface area contributed by atoms with E-state index in [0.29, 0.717) is 4.68 Å². The first-order chi connectivity index (χ1) is 6.97. The van der Waals surface area contributed by atoms with E-state index in [2.05, 4.69) is 20.3 Å². The Labute approximate surface area is 80.9 Å². The number of hydrogen-bond donors (Lipinski definition) is 1. The van der Waals surface area contributed by atoms with Crippen LogP contribution in [0.25, 0.3) is 11.2 Å². The second-order valence-electron chi connectivity index (χ2n) is 2.79. The summed E-state index contributed by atoms with van der Waals surface area (Å²) < 4.78 is 36.9. The Morgan fingerprint density at radius 2 is 2.07 bits per heavy atom. The molecule has 0 saturated carbocycles. The number of aromatic nitrogens is 5. The van der Waals surface area contributed by atoms with Gasteiger partial charge in [0, 0.05) is 0 Å². The van der Waals surface area contributed by atoms with Gasteiger partial charge in [0.1, 0.15) is 12.9 Å². The first-order valence-electron chi connectivity index (χ1n) is 3.84. The maximum Gasteiger partial charge on any atom is 0.408 e. The van der Waals surface area contributed by atoms with Gasteiger partial charge in [0.25, 0.3) is 0 Å². The highest BCUT2D eigenvalue weighted by Gasteiger charge is 2.30. The third-order valence-electron chi connectivity index (χ3n) is 1.66. The minimum atomic E-state index is -4.37. The highest BCUT2D eigenvalue weighted by molar-refractivity contribution is 5.80. The van der Waals surface area contributed by atoms with Crippen LogP contribution in [-0.2, 0) is 6.54 Å². The fraction of sp³-hybridized carbons (Fsp3) is 0.333. The molecule has 0 amide bonds. The summed E-state index contributed by atoms with van der Waals surface area (Å²) in [5.74, 6) is 0.00780. The molecule has 0 fully saturated rings. The zero-order chi connectivity index (χ0) is 11.1. The van der Waals surface area contributed by atoms with Crippen molar-refractivity contribution in [2.24, 2.45) is 0 Å². The average Bonchev–Trinajstić information content (AvgIpc) is 2.48. The van der Waals surface area contributed by atoms with Gasteiger partial charge in [-0.15, -0.1) is 5.10 Å². The molecule has 9 heteroatoms. The summed E-state index contributed by atoms with van der Waals surface area (Å²) in [6.45, 7) is -1.25. The van der Waals surface area contributed by atoms with E-state index < -0.39 is 12.7 Å². The van der Waals surface area contributed by atoms with E-state index in [1.807, 2.05) is 0 Å². The minimum Gasteiger partial charge on any atom is -0.382 e. The van der Waals surface area contributed by atoms with Crippen molar-refractivity contribution in [3.63, 3.8) is 0 Å². The highest BCUT2D eigenvalue weighted by Crippen LogP contribution is 2.20. The standard InChI is InChI=1S/C6H5F3N6/c7-6(8,9)1-15-5-3(13-14-15)4(10)11-2-12-5/h2H,1H2,(H2,10,11,12). The Kier molecular flexibility index (Phi) is 1.95. The molecule has 6 nitrogen and oxygen atoms in total. The summed E-state index contributed by atoms with van der Waals surface area (Å²) in [7, 11) is 0. The van der Waals surface area contributed by atoms with Gasteiger partial charge in [-0.3, -0.25) is 0 Å². The van der Waals surface area contributed by atoms with Gasteiger partial charge >= 0.3 is 6.18 Å². The molecule has 0 aliphatic carbocycles. The van der Waals surface area contributed by atoms with E-state index in [1.165, 1.54) is 0 Å². The van der Waals surface area contributed by atoms with E-state index in [4.69, 9.17) is 5.73 Å². The van der Waals surface area contributed by atoms with Crippen molar-refractivity contribution in [2.45, 2.75) is 12.7 Å². The molecule has 0 bridgehead atoms. The van der Waals surface area contributed by atoms with Crippen molar-refractivity contribution < 1.29 is 13.2 Å². The molecule has 0 aromatic carbocycles. The van der Waals surface area contributed by atoms with Crippen molar-refractivity contribution in [3.05, 3.63) is 6.33 Å². The predicted octanol–water partition coefficient (Wildman–Crippen LogP) is 0.366. The second-order valence-corrected chi connectivity index (χ2v) is 2.79. The monoisotopic (exact) mass is 218 g/mol. The van der Waals surface area contributed by atoms with Gasteiger partial charge in [-0.2, -0.15) is 13.2 Å². The van der Waals surface area contributed by atoms with Gasteiger partial charge in [-0.1, -0.05) is 5.21 Å². The molecule has 2 aromatic heterocycles. The summed E-state index contributed by atoms with van der Waals surface area (Å²) >= 11 is 0. The fourth-order valence-corrected chi connectivity index (χ4v) is 1.08. The SMILES string of the molecule is Nc1ncnc2c1nnn2CC(F)(F)F. The van der Waals surface area contributed by atoms with Crippen LogP contribution >= 0.6 is 0 Å².